The maximum Gasteiger partial charge on any atom is 1.00 e. The van der Waals surface area contributed by atoms with E-state index in [2.05, 4.69) is 66.3 Å². The van der Waals surface area contributed by atoms with Gasteiger partial charge in [-0.1, -0.05) is 131 Å². The number of rotatable bonds is 15. The van der Waals surface area contributed by atoms with E-state index in [0.717, 1.165) is 75.5 Å². The number of halogens is 3. The number of amides is 2. The molecule has 0 unspecified atom stereocenters. The van der Waals surface area contributed by atoms with Gasteiger partial charge in [0.25, 0.3) is 11.8 Å². The van der Waals surface area contributed by atoms with Crippen LogP contribution in [0.1, 0.15) is 66.7 Å². The number of nitrogen functional groups attached to an aromatic ring is 1. The van der Waals surface area contributed by atoms with Crippen molar-refractivity contribution < 1.29 is 76.8 Å². The third kappa shape index (κ3) is 27.5. The number of carbonyl (C=O) groups is 3. The Kier molecular flexibility index (Phi) is 37.7. The smallest absolute Gasteiger partial charge is 0.857 e. The average Bonchev–Trinajstić information content (AvgIpc) is 1.78. The number of carbonyl (C=O) groups excluding carboxylic acids is 3. The number of benzene rings is 8. The first-order chi connectivity index (χ1) is 49.0. The van der Waals surface area contributed by atoms with Crippen LogP contribution in [0.3, 0.4) is 0 Å². The summed E-state index contributed by atoms with van der Waals surface area (Å²) in [6.07, 6.45) is 0.973. The molecule has 103 heavy (non-hydrogen) atoms. The van der Waals surface area contributed by atoms with E-state index in [1.54, 1.807) is 100 Å². The summed E-state index contributed by atoms with van der Waals surface area (Å²) in [6.45, 7) is 10.7. The predicted octanol–water partition coefficient (Wildman–Crippen LogP) is 13.7. The third-order valence-electron chi connectivity index (χ3n) is 13.5. The molecule has 0 aliphatic heterocycles. The molecule has 11 rings (SSSR count). The second-order valence-electron chi connectivity index (χ2n) is 21.1. The summed E-state index contributed by atoms with van der Waals surface area (Å²) in [5, 5.41) is 27.2. The van der Waals surface area contributed by atoms with E-state index in [-0.39, 0.29) is 68.3 Å². The van der Waals surface area contributed by atoms with Gasteiger partial charge in [-0.15, -0.1) is 11.3 Å². The van der Waals surface area contributed by atoms with Gasteiger partial charge in [0.05, 0.1) is 82.5 Å². The molecule has 530 valence electrons. The summed E-state index contributed by atoms with van der Waals surface area (Å²) >= 11 is 30.6. The van der Waals surface area contributed by atoms with Crippen LogP contribution in [-0.2, 0) is 0 Å². The van der Waals surface area contributed by atoms with E-state index >= 15 is 0 Å². The van der Waals surface area contributed by atoms with Gasteiger partial charge in [-0.3, -0.25) is 19.7 Å². The molecular weight excluding hydrogens is 1510 g/mol. The van der Waals surface area contributed by atoms with Crippen LogP contribution in [0.15, 0.2) is 211 Å². The molecule has 3 heterocycles. The normalized spacial score (nSPS) is 9.80. The van der Waals surface area contributed by atoms with E-state index < -0.39 is 11.3 Å². The number of methoxy groups -OCH3 is 3. The Morgan fingerprint density at radius 2 is 1.13 bits per heavy atom. The molecule has 0 atom stereocenters. The number of nitrogens with zero attached hydrogens (tertiary/aromatic N) is 2. The number of nitrogens with two attached hydrogens (primary N) is 2. The number of ketones is 1. The number of Topliss-reactive ketones (excluding diaryl/α,β-unsaturated/α-hetero) is 1. The van der Waals surface area contributed by atoms with Crippen molar-refractivity contribution >= 4 is 170 Å². The maximum atomic E-state index is 12.4. The Balaban J connectivity index is 0.000000268. The predicted molar refractivity (Wildman–Crippen MR) is 424 cm³/mol. The first kappa shape index (κ1) is 86.2. The van der Waals surface area contributed by atoms with Crippen LogP contribution in [0, 0.1) is 27.7 Å². The summed E-state index contributed by atoms with van der Waals surface area (Å²) in [4.78, 5) is 66.1. The Labute approximate surface area is 656 Å². The molecule has 0 bridgehead atoms. The molecule has 0 aliphatic carbocycles. The van der Waals surface area contributed by atoms with E-state index in [0.29, 0.717) is 72.2 Å². The zero-order valence-electron chi connectivity index (χ0n) is 57.7. The van der Waals surface area contributed by atoms with Crippen LogP contribution in [0.2, 0.25) is 10.0 Å². The first-order valence-electron chi connectivity index (χ1n) is 30.5. The van der Waals surface area contributed by atoms with Crippen molar-refractivity contribution in [2.45, 2.75) is 41.0 Å². The van der Waals surface area contributed by atoms with E-state index in [1.165, 1.54) is 17.4 Å². The summed E-state index contributed by atoms with van der Waals surface area (Å²) in [5.74, 6) is 2.01. The fraction of sp³-hybridized carbons (Fsp3) is 0.160. The number of nitrogens with one attached hydrogen (secondary N) is 4. The van der Waals surface area contributed by atoms with Crippen LogP contribution in [0.5, 0.6) is 23.0 Å². The fourth-order valence-electron chi connectivity index (χ4n) is 8.74. The molecule has 0 saturated heterocycles. The van der Waals surface area contributed by atoms with E-state index in [9.17, 15) is 24.0 Å². The number of ether oxygens (including phenoxy) is 4. The summed E-state index contributed by atoms with van der Waals surface area (Å²) < 4.78 is 31.6. The minimum absolute atomic E-state index is 0. The van der Waals surface area contributed by atoms with Crippen molar-refractivity contribution in [3.05, 3.63) is 257 Å². The number of fused-ring (bicyclic) bond motifs is 2. The Morgan fingerprint density at radius 1 is 0.641 bits per heavy atom. The number of aromatic nitrogens is 1. The quantitative estimate of drug-likeness (QED) is 0.0106. The molecule has 3 aromatic heterocycles. The summed E-state index contributed by atoms with van der Waals surface area (Å²) in [6, 6.07) is 54.5. The van der Waals surface area contributed by atoms with Crippen molar-refractivity contribution in [3.8, 4) is 34.3 Å². The molecule has 8 N–H and O–H groups in total. The topological polar surface area (TPSA) is 297 Å². The number of hydrogen-bond acceptors (Lipinski definition) is 19. The Bertz CT molecular complexity index is 4860. The second-order valence-corrected chi connectivity index (χ2v) is 24.3. The zero-order valence-corrected chi connectivity index (χ0v) is 66.1. The summed E-state index contributed by atoms with van der Waals surface area (Å²) in [7, 11) is 5.57. The number of thiocarbonyl (C=S) groups is 3. The molecule has 20 nitrogen and oxygen atoms in total. The number of para-hydroxylation sites is 2. The van der Waals surface area contributed by atoms with Gasteiger partial charge in [-0.05, 0) is 190 Å². The molecule has 8 aromatic carbocycles. The number of thiazole rings is 1. The van der Waals surface area contributed by atoms with Crippen molar-refractivity contribution in [3.63, 3.8) is 0 Å². The van der Waals surface area contributed by atoms with E-state index in [1.807, 2.05) is 135 Å². The minimum atomic E-state index is -0.662. The first-order valence-corrected chi connectivity index (χ1v) is 34.5. The molecule has 0 aliphatic rings. The number of alkyl halides is 1. The average molecular weight is 1580 g/mol. The molecular formula is C75H72BrCl2N8NaO12S4. The van der Waals surface area contributed by atoms with Crippen molar-refractivity contribution in [2.24, 2.45) is 10.7 Å². The van der Waals surface area contributed by atoms with Crippen LogP contribution < -0.4 is 97.6 Å². The van der Waals surface area contributed by atoms with Gasteiger partial charge in [-0.25, -0.2) is 14.6 Å². The van der Waals surface area contributed by atoms with Gasteiger partial charge in [0.15, 0.2) is 32.3 Å². The van der Waals surface area contributed by atoms with Gasteiger partial charge in [0.1, 0.15) is 28.6 Å². The minimum Gasteiger partial charge on any atom is -0.857 e. The van der Waals surface area contributed by atoms with Crippen LogP contribution >= 0.6 is 87.1 Å². The van der Waals surface area contributed by atoms with Crippen molar-refractivity contribution in [1.29, 1.82) is 0 Å². The number of isothiocyanates is 1. The van der Waals surface area contributed by atoms with Gasteiger partial charge < -0.3 is 60.3 Å². The van der Waals surface area contributed by atoms with Crippen LogP contribution in [0.4, 0.5) is 27.9 Å². The monoisotopic (exact) mass is 1580 g/mol. The van der Waals surface area contributed by atoms with Gasteiger partial charge >= 0.3 is 40.8 Å². The molecule has 0 spiro atoms. The number of aliphatic imine (C=N–C) groups is 1. The number of anilines is 5. The molecule has 28 heteroatoms. The van der Waals surface area contributed by atoms with Gasteiger partial charge in [0, 0.05) is 27.3 Å². The molecule has 0 fully saturated rings. The fourth-order valence-corrected chi connectivity index (χ4v) is 10.6. The maximum absolute atomic E-state index is 12.4. The molecule has 2 amide bonds. The third-order valence-corrected chi connectivity index (χ3v) is 15.8. The largest absolute Gasteiger partial charge is 1.00 e. The molecule has 0 saturated carbocycles. The second kappa shape index (κ2) is 45.0. The SMILES string of the molecule is CCCOc1ccc(C)cc1NC(N)=S.COc1ccc(C)cc1N.COc1ccc(C)cc1NC(=S)NC(=O)c1ccccc1.COc1ccc(C)cc1Nc1nc(-c2cc3cccc(Cl)c3oc2=O)cs1.C[O-].O=C(CBr)c1cc2cccc(Cl)c2oc1=O.O=C(N=C=S)c1ccccc1.[Na+]. The van der Waals surface area contributed by atoms with Gasteiger partial charge in [0.2, 0.25) is 0 Å². The summed E-state index contributed by atoms with van der Waals surface area (Å²) in [5.41, 5.74) is 20.2. The van der Waals surface area contributed by atoms with Gasteiger partial charge in [-0.2, -0.15) is 12.1 Å². The standard InChI is InChI=1S/C20H15ClN2O3S.C16H16N2O2S.C11H6BrClO3.C11H16N2OS.C8H5NOS.C8H11NO.CH3O.Na/c1-11-6-7-17(25-2)15(8-11)22-20-23-16(10-27-20)13-9-12-4-3-5-14(21)18(12)26-19(13)24;1-11-8-9-14(20-2)13(10-11)17-16(21)18-15(19)12-6-4-3-5-7-12;12-5-9(14)7-4-6-2-1-3-8(13)10(6)16-11(7)15;1-3-6-14-10-5-4-8(2)7-9(10)13-11(12)15;10-8(9-6-11)7-4-2-1-3-5-7;1-6-3-4-8(10-2)7(9)5-6;1-2;/h3-10H,1-2H3,(H,22,23);3-10H,1-2H3,(H2,17,18,19,21);1-4H,5H2;4-5,7H,3,6H2,1-2H3,(H3,12,13,15);1-5H;3-5H,9H2,1-2H3;1H3;/q;;;;;;-1;+1. The van der Waals surface area contributed by atoms with E-state index in [4.69, 9.17) is 92.0 Å². The number of hydrogen-bond donors (Lipinski definition) is 6. The molecule has 11 aromatic rings. The number of aryl methyl sites for hydroxylation is 4. The van der Waals surface area contributed by atoms with Crippen LogP contribution in [-0.4, -0.2) is 78.3 Å². The van der Waals surface area contributed by atoms with Crippen molar-refractivity contribution in [1.82, 2.24) is 10.3 Å². The molecule has 0 radical (unpaired) electrons. The zero-order chi connectivity index (χ0) is 74.8. The van der Waals surface area contributed by atoms with Crippen molar-refractivity contribution in [2.75, 3.05) is 62.1 Å². The Hall–Kier alpha value is -9.18. The van der Waals surface area contributed by atoms with Crippen LogP contribution in [0.25, 0.3) is 33.2 Å². The Morgan fingerprint density at radius 3 is 1.64 bits per heavy atom.